The van der Waals surface area contributed by atoms with Crippen molar-refractivity contribution in [2.24, 2.45) is 0 Å². The monoisotopic (exact) mass is 305 g/mol. The van der Waals surface area contributed by atoms with E-state index < -0.39 is 5.82 Å². The van der Waals surface area contributed by atoms with Gasteiger partial charge >= 0.3 is 0 Å². The zero-order valence-corrected chi connectivity index (χ0v) is 12.6. The molecule has 1 N–H and O–H groups in total. The van der Waals surface area contributed by atoms with Gasteiger partial charge in [0.05, 0.1) is 5.02 Å². The van der Waals surface area contributed by atoms with Gasteiger partial charge in [0, 0.05) is 24.2 Å². The molecule has 2 nitrogen and oxygen atoms in total. The lowest BCUT2D eigenvalue weighted by atomic mass is 10.1. The molecule has 21 heavy (non-hydrogen) atoms. The predicted octanol–water partition coefficient (Wildman–Crippen LogP) is 4.83. The first-order chi connectivity index (χ1) is 10.1. The molecule has 1 saturated carbocycles. The van der Waals surface area contributed by atoms with Crippen LogP contribution >= 0.6 is 11.6 Å². The smallest absolute Gasteiger partial charge is 0.142 e. The minimum Gasteiger partial charge on any atom is -0.457 e. The van der Waals surface area contributed by atoms with Crippen molar-refractivity contribution in [2.75, 3.05) is 0 Å². The average Bonchev–Trinajstić information content (AvgIpc) is 3.27. The number of benzene rings is 2. The molecule has 4 heteroatoms. The van der Waals surface area contributed by atoms with Crippen molar-refractivity contribution in [1.29, 1.82) is 0 Å². The molecule has 0 bridgehead atoms. The molecule has 1 fully saturated rings. The van der Waals surface area contributed by atoms with Gasteiger partial charge in [-0.1, -0.05) is 29.3 Å². The molecule has 0 aromatic heterocycles. The van der Waals surface area contributed by atoms with Crippen LogP contribution in [0.2, 0.25) is 5.02 Å². The maximum Gasteiger partial charge on any atom is 0.142 e. The molecule has 110 valence electrons. The molecular formula is C17H17ClFNO. The summed E-state index contributed by atoms with van der Waals surface area (Å²) in [5, 5.41) is 3.55. The van der Waals surface area contributed by atoms with E-state index in [1.165, 1.54) is 30.5 Å². The van der Waals surface area contributed by atoms with Crippen LogP contribution in [0, 0.1) is 12.7 Å². The lowest BCUT2D eigenvalue weighted by Crippen LogP contribution is -2.15. The number of aryl methyl sites for hydroxylation is 1. The number of halogens is 2. The Hall–Kier alpha value is -1.58. The van der Waals surface area contributed by atoms with Gasteiger partial charge in [-0.2, -0.15) is 0 Å². The van der Waals surface area contributed by atoms with Crippen molar-refractivity contribution >= 4 is 11.6 Å². The molecule has 0 heterocycles. The Morgan fingerprint density at radius 1 is 1.24 bits per heavy atom. The van der Waals surface area contributed by atoms with E-state index >= 15 is 0 Å². The van der Waals surface area contributed by atoms with Gasteiger partial charge in [-0.25, -0.2) is 4.39 Å². The molecule has 0 aliphatic heterocycles. The van der Waals surface area contributed by atoms with Crippen LogP contribution < -0.4 is 10.1 Å². The first kappa shape index (κ1) is 14.4. The fourth-order valence-electron chi connectivity index (χ4n) is 2.16. The first-order valence-electron chi connectivity index (χ1n) is 7.07. The minimum absolute atomic E-state index is 0.0669. The summed E-state index contributed by atoms with van der Waals surface area (Å²) >= 11 is 5.79. The first-order valence-corrected chi connectivity index (χ1v) is 7.45. The number of hydrogen-bond acceptors (Lipinski definition) is 2. The maximum atomic E-state index is 13.2. The van der Waals surface area contributed by atoms with E-state index in [1.54, 1.807) is 6.07 Å². The fourth-order valence-corrected chi connectivity index (χ4v) is 2.33. The third-order valence-corrected chi connectivity index (χ3v) is 3.78. The molecule has 1 aliphatic rings. The van der Waals surface area contributed by atoms with Gasteiger partial charge in [0.1, 0.15) is 17.3 Å². The summed E-state index contributed by atoms with van der Waals surface area (Å²) < 4.78 is 19.1. The average molecular weight is 306 g/mol. The Bertz CT molecular complexity index is 655. The number of ether oxygens (including phenoxy) is 1. The van der Waals surface area contributed by atoms with Crippen molar-refractivity contribution < 1.29 is 9.13 Å². The van der Waals surface area contributed by atoms with Gasteiger partial charge in [0.15, 0.2) is 0 Å². The highest BCUT2D eigenvalue weighted by Gasteiger charge is 2.20. The van der Waals surface area contributed by atoms with Crippen molar-refractivity contribution in [3.8, 4) is 11.5 Å². The van der Waals surface area contributed by atoms with Gasteiger partial charge in [0.25, 0.3) is 0 Å². The summed E-state index contributed by atoms with van der Waals surface area (Å²) in [4.78, 5) is 0. The SMILES string of the molecule is Cc1ccc(Oc2ccc(F)c(Cl)c2)c(CNC2CC2)c1. The second kappa shape index (κ2) is 6.04. The number of rotatable bonds is 5. The maximum absolute atomic E-state index is 13.2. The summed E-state index contributed by atoms with van der Waals surface area (Å²) in [7, 11) is 0. The molecule has 3 rings (SSSR count). The summed E-state index contributed by atoms with van der Waals surface area (Å²) in [6.07, 6.45) is 2.49. The topological polar surface area (TPSA) is 21.3 Å². The van der Waals surface area contributed by atoms with Gasteiger partial charge in [-0.15, -0.1) is 0 Å². The molecule has 1 aliphatic carbocycles. The van der Waals surface area contributed by atoms with Crippen LogP contribution in [0.15, 0.2) is 36.4 Å². The Morgan fingerprint density at radius 2 is 2.05 bits per heavy atom. The molecule has 0 saturated heterocycles. The van der Waals surface area contributed by atoms with Crippen LogP contribution in [0.1, 0.15) is 24.0 Å². The summed E-state index contributed by atoms with van der Waals surface area (Å²) in [6.45, 7) is 2.83. The Balaban J connectivity index is 1.80. The van der Waals surface area contributed by atoms with Crippen LogP contribution in [0.4, 0.5) is 4.39 Å². The van der Waals surface area contributed by atoms with E-state index in [4.69, 9.17) is 16.3 Å². The van der Waals surface area contributed by atoms with E-state index in [-0.39, 0.29) is 5.02 Å². The van der Waals surface area contributed by atoms with Crippen molar-refractivity contribution in [3.63, 3.8) is 0 Å². The predicted molar refractivity (Wildman–Crippen MR) is 82.5 cm³/mol. The van der Waals surface area contributed by atoms with E-state index in [1.807, 2.05) is 12.1 Å². The molecular weight excluding hydrogens is 289 g/mol. The van der Waals surface area contributed by atoms with Crippen LogP contribution in [0.3, 0.4) is 0 Å². The molecule has 2 aromatic carbocycles. The molecule has 0 atom stereocenters. The van der Waals surface area contributed by atoms with E-state index in [0.717, 1.165) is 17.9 Å². The standard InChI is InChI=1S/C17H17ClFNO/c1-11-2-7-17(12(8-11)10-20-13-3-4-13)21-14-5-6-16(19)15(18)9-14/h2,5-9,13,20H,3-4,10H2,1H3. The summed E-state index contributed by atoms with van der Waals surface area (Å²) in [6, 6.07) is 11.1. The molecule has 0 unspecified atom stereocenters. The number of nitrogens with one attached hydrogen (secondary N) is 1. The lowest BCUT2D eigenvalue weighted by Gasteiger charge is -2.13. The third-order valence-electron chi connectivity index (χ3n) is 3.49. The normalized spacial score (nSPS) is 14.2. The fraction of sp³-hybridized carbons (Fsp3) is 0.294. The second-order valence-electron chi connectivity index (χ2n) is 5.44. The van der Waals surface area contributed by atoms with Crippen LogP contribution in [0.5, 0.6) is 11.5 Å². The summed E-state index contributed by atoms with van der Waals surface area (Å²) in [5.74, 6) is 0.873. The Kier molecular flexibility index (Phi) is 4.13. The summed E-state index contributed by atoms with van der Waals surface area (Å²) in [5.41, 5.74) is 2.29. The largest absolute Gasteiger partial charge is 0.457 e. The third kappa shape index (κ3) is 3.74. The van der Waals surface area contributed by atoms with Crippen LogP contribution in [-0.4, -0.2) is 6.04 Å². The Labute approximate surface area is 128 Å². The Morgan fingerprint density at radius 3 is 2.76 bits per heavy atom. The zero-order chi connectivity index (χ0) is 14.8. The van der Waals surface area contributed by atoms with Gasteiger partial charge in [0.2, 0.25) is 0 Å². The van der Waals surface area contributed by atoms with Crippen LogP contribution in [-0.2, 0) is 6.54 Å². The molecule has 0 spiro atoms. The van der Waals surface area contributed by atoms with Crippen molar-refractivity contribution in [3.05, 3.63) is 58.4 Å². The van der Waals surface area contributed by atoms with Crippen molar-refractivity contribution in [2.45, 2.75) is 32.4 Å². The van der Waals surface area contributed by atoms with E-state index in [9.17, 15) is 4.39 Å². The molecule has 0 radical (unpaired) electrons. The van der Waals surface area contributed by atoms with Crippen molar-refractivity contribution in [1.82, 2.24) is 5.32 Å². The van der Waals surface area contributed by atoms with E-state index in [0.29, 0.717) is 11.8 Å². The van der Waals surface area contributed by atoms with Gasteiger partial charge in [-0.05, 0) is 38.0 Å². The quantitative estimate of drug-likeness (QED) is 0.854. The minimum atomic E-state index is -0.441. The highest BCUT2D eigenvalue weighted by atomic mass is 35.5. The zero-order valence-electron chi connectivity index (χ0n) is 11.8. The van der Waals surface area contributed by atoms with Crippen LogP contribution in [0.25, 0.3) is 0 Å². The van der Waals surface area contributed by atoms with Gasteiger partial charge < -0.3 is 10.1 Å². The van der Waals surface area contributed by atoms with Gasteiger partial charge in [-0.3, -0.25) is 0 Å². The second-order valence-corrected chi connectivity index (χ2v) is 5.85. The highest BCUT2D eigenvalue weighted by molar-refractivity contribution is 6.30. The molecule has 2 aromatic rings. The molecule has 0 amide bonds. The lowest BCUT2D eigenvalue weighted by molar-refractivity contribution is 0.470. The highest BCUT2D eigenvalue weighted by Crippen LogP contribution is 2.30. The number of hydrogen-bond donors (Lipinski definition) is 1. The van der Waals surface area contributed by atoms with E-state index in [2.05, 4.69) is 18.3 Å².